The van der Waals surface area contributed by atoms with Gasteiger partial charge in [-0.3, -0.25) is 4.79 Å². The summed E-state index contributed by atoms with van der Waals surface area (Å²) in [6, 6.07) is 8.46. The maximum absolute atomic E-state index is 12.2. The fourth-order valence-corrected chi connectivity index (χ4v) is 4.63. The van der Waals surface area contributed by atoms with Gasteiger partial charge in [0, 0.05) is 29.6 Å². The van der Waals surface area contributed by atoms with Crippen molar-refractivity contribution in [1.82, 2.24) is 4.72 Å². The molecule has 0 fully saturated rings. The van der Waals surface area contributed by atoms with Crippen LogP contribution in [0.4, 0.5) is 5.69 Å². The van der Waals surface area contributed by atoms with Crippen molar-refractivity contribution in [2.75, 3.05) is 18.7 Å². The quantitative estimate of drug-likeness (QED) is 0.767. The van der Waals surface area contributed by atoms with Crippen LogP contribution in [0.15, 0.2) is 34.5 Å². The molecule has 0 aliphatic carbocycles. The van der Waals surface area contributed by atoms with Gasteiger partial charge in [-0.25, -0.2) is 13.1 Å². The van der Waals surface area contributed by atoms with E-state index in [0.29, 0.717) is 17.2 Å². The molecule has 3 rings (SSSR count). The largest absolute Gasteiger partial charge is 0.454 e. The van der Waals surface area contributed by atoms with Gasteiger partial charge in [-0.05, 0) is 30.7 Å². The van der Waals surface area contributed by atoms with E-state index in [2.05, 4.69) is 10.0 Å². The van der Waals surface area contributed by atoms with Crippen molar-refractivity contribution in [3.63, 3.8) is 0 Å². The topological polar surface area (TPSA) is 93.7 Å². The van der Waals surface area contributed by atoms with Gasteiger partial charge in [0.1, 0.15) is 4.21 Å². The second-order valence-electron chi connectivity index (χ2n) is 5.34. The number of ether oxygens (including phenoxy) is 2. The average Bonchev–Trinajstić information content (AvgIpc) is 3.23. The number of aryl methyl sites for hydroxylation is 1. The Labute approximate surface area is 150 Å². The van der Waals surface area contributed by atoms with Crippen molar-refractivity contribution in [1.29, 1.82) is 0 Å². The molecule has 0 bridgehead atoms. The Balaban J connectivity index is 1.50. The molecule has 0 radical (unpaired) electrons. The summed E-state index contributed by atoms with van der Waals surface area (Å²) in [4.78, 5) is 13.0. The van der Waals surface area contributed by atoms with Crippen molar-refractivity contribution < 1.29 is 22.7 Å². The van der Waals surface area contributed by atoms with Gasteiger partial charge >= 0.3 is 0 Å². The van der Waals surface area contributed by atoms with Crippen LogP contribution in [0.5, 0.6) is 11.5 Å². The van der Waals surface area contributed by atoms with Crippen LogP contribution >= 0.6 is 11.3 Å². The van der Waals surface area contributed by atoms with Crippen LogP contribution in [-0.2, 0) is 21.2 Å². The third-order valence-corrected chi connectivity index (χ3v) is 6.73. The number of sulfonamides is 1. The van der Waals surface area contributed by atoms with Crippen LogP contribution in [-0.4, -0.2) is 27.7 Å². The number of benzene rings is 1. The summed E-state index contributed by atoms with van der Waals surface area (Å²) in [5, 5.41) is 2.70. The molecule has 0 unspecified atom stereocenters. The first-order chi connectivity index (χ1) is 12.0. The van der Waals surface area contributed by atoms with Crippen LogP contribution in [0.1, 0.15) is 18.2 Å². The van der Waals surface area contributed by atoms with Crippen molar-refractivity contribution >= 4 is 33.0 Å². The van der Waals surface area contributed by atoms with Gasteiger partial charge in [0.2, 0.25) is 22.7 Å². The lowest BCUT2D eigenvalue weighted by molar-refractivity contribution is -0.116. The number of thiophene rings is 1. The Morgan fingerprint density at radius 1 is 1.20 bits per heavy atom. The van der Waals surface area contributed by atoms with Crippen LogP contribution in [0, 0.1) is 0 Å². The lowest BCUT2D eigenvalue weighted by Gasteiger charge is -2.07. The van der Waals surface area contributed by atoms with Crippen LogP contribution in [0.25, 0.3) is 0 Å². The van der Waals surface area contributed by atoms with Crippen molar-refractivity contribution in [3.8, 4) is 11.5 Å². The van der Waals surface area contributed by atoms with E-state index >= 15 is 0 Å². The first-order valence-electron chi connectivity index (χ1n) is 7.76. The molecule has 0 spiro atoms. The van der Waals surface area contributed by atoms with Crippen LogP contribution in [0.3, 0.4) is 0 Å². The summed E-state index contributed by atoms with van der Waals surface area (Å²) >= 11 is 1.24. The molecular formula is C16H18N2O5S2. The van der Waals surface area contributed by atoms with E-state index in [0.717, 1.165) is 11.3 Å². The second kappa shape index (κ2) is 7.42. The Hall–Kier alpha value is -2.10. The molecule has 2 N–H and O–H groups in total. The standard InChI is InChI=1S/C16H18N2O5S2/c1-2-12-4-6-16(24-12)25(20,21)17-8-7-15(19)18-11-3-5-13-14(9-11)23-10-22-13/h3-6,9,17H,2,7-8,10H2,1H3,(H,18,19). The number of nitrogens with one attached hydrogen (secondary N) is 2. The number of fused-ring (bicyclic) bond motifs is 1. The SMILES string of the molecule is CCc1ccc(S(=O)(=O)NCCC(=O)Nc2ccc3c(c2)OCO3)s1. The Kier molecular flexibility index (Phi) is 5.26. The van der Waals surface area contributed by atoms with Gasteiger partial charge in [-0.2, -0.15) is 0 Å². The smallest absolute Gasteiger partial charge is 0.250 e. The first kappa shape index (κ1) is 17.7. The number of amides is 1. The zero-order valence-electron chi connectivity index (χ0n) is 13.6. The summed E-state index contributed by atoms with van der Waals surface area (Å²) < 4.78 is 37.5. The van der Waals surface area contributed by atoms with Gasteiger partial charge in [-0.1, -0.05) is 6.92 Å². The molecule has 2 aromatic rings. The minimum absolute atomic E-state index is 0.0259. The van der Waals surface area contributed by atoms with E-state index in [1.807, 2.05) is 6.92 Å². The third-order valence-electron chi connectivity index (χ3n) is 3.55. The second-order valence-corrected chi connectivity index (χ2v) is 8.50. The zero-order valence-corrected chi connectivity index (χ0v) is 15.2. The maximum Gasteiger partial charge on any atom is 0.250 e. The van der Waals surface area contributed by atoms with Gasteiger partial charge in [-0.15, -0.1) is 11.3 Å². The van der Waals surface area contributed by atoms with Crippen molar-refractivity contribution in [2.24, 2.45) is 0 Å². The number of anilines is 1. The van der Waals surface area contributed by atoms with Crippen molar-refractivity contribution in [3.05, 3.63) is 35.2 Å². The maximum atomic E-state index is 12.2. The van der Waals surface area contributed by atoms with E-state index in [1.165, 1.54) is 11.3 Å². The lowest BCUT2D eigenvalue weighted by Crippen LogP contribution is -2.27. The molecule has 0 saturated carbocycles. The number of carbonyl (C=O) groups is 1. The Bertz CT molecular complexity index is 876. The zero-order chi connectivity index (χ0) is 17.9. The molecule has 1 aliphatic heterocycles. The lowest BCUT2D eigenvalue weighted by atomic mass is 10.2. The molecule has 0 atom stereocenters. The monoisotopic (exact) mass is 382 g/mol. The molecule has 1 amide bonds. The van der Waals surface area contributed by atoms with Crippen LogP contribution in [0.2, 0.25) is 0 Å². The Morgan fingerprint density at radius 3 is 2.76 bits per heavy atom. The summed E-state index contributed by atoms with van der Waals surface area (Å²) in [5.74, 6) is 0.915. The molecule has 1 aromatic heterocycles. The molecule has 9 heteroatoms. The third kappa shape index (κ3) is 4.30. The number of carbonyl (C=O) groups excluding carboxylic acids is 1. The molecule has 25 heavy (non-hydrogen) atoms. The highest BCUT2D eigenvalue weighted by Crippen LogP contribution is 2.34. The van der Waals surface area contributed by atoms with Gasteiger partial charge < -0.3 is 14.8 Å². The minimum Gasteiger partial charge on any atom is -0.454 e. The summed E-state index contributed by atoms with van der Waals surface area (Å²) in [5.41, 5.74) is 0.572. The molecule has 0 saturated heterocycles. The van der Waals surface area contributed by atoms with Gasteiger partial charge in [0.15, 0.2) is 11.5 Å². The molecular weight excluding hydrogens is 364 g/mol. The average molecular weight is 382 g/mol. The predicted octanol–water partition coefficient (Wildman–Crippen LogP) is 2.35. The molecule has 134 valence electrons. The first-order valence-corrected chi connectivity index (χ1v) is 10.1. The van der Waals surface area contributed by atoms with E-state index in [4.69, 9.17) is 9.47 Å². The fraction of sp³-hybridized carbons (Fsp3) is 0.312. The van der Waals surface area contributed by atoms with Crippen molar-refractivity contribution in [2.45, 2.75) is 24.0 Å². The van der Waals surface area contributed by atoms with Gasteiger partial charge in [0.05, 0.1) is 0 Å². The predicted molar refractivity (Wildman–Crippen MR) is 94.7 cm³/mol. The summed E-state index contributed by atoms with van der Waals surface area (Å²) in [6.45, 7) is 2.16. The molecule has 1 aromatic carbocycles. The number of hydrogen-bond donors (Lipinski definition) is 2. The highest BCUT2D eigenvalue weighted by molar-refractivity contribution is 7.91. The summed E-state index contributed by atoms with van der Waals surface area (Å²) in [7, 11) is -3.57. The highest BCUT2D eigenvalue weighted by Gasteiger charge is 2.17. The summed E-state index contributed by atoms with van der Waals surface area (Å²) in [6.07, 6.45) is 0.817. The fourth-order valence-electron chi connectivity index (χ4n) is 2.26. The van der Waals surface area contributed by atoms with E-state index in [-0.39, 0.29) is 29.9 Å². The van der Waals surface area contributed by atoms with E-state index in [9.17, 15) is 13.2 Å². The Morgan fingerprint density at radius 2 is 2.00 bits per heavy atom. The van der Waals surface area contributed by atoms with E-state index in [1.54, 1.807) is 30.3 Å². The number of hydrogen-bond acceptors (Lipinski definition) is 6. The molecule has 7 nitrogen and oxygen atoms in total. The van der Waals surface area contributed by atoms with Crippen LogP contribution < -0.4 is 19.5 Å². The van der Waals surface area contributed by atoms with E-state index < -0.39 is 10.0 Å². The molecule has 2 heterocycles. The normalized spacial score (nSPS) is 13.0. The van der Waals surface area contributed by atoms with Gasteiger partial charge in [0.25, 0.3) is 0 Å². The molecule has 1 aliphatic rings. The minimum atomic E-state index is -3.57. The highest BCUT2D eigenvalue weighted by atomic mass is 32.2. The number of rotatable bonds is 7.